The van der Waals surface area contributed by atoms with Crippen LogP contribution in [0.1, 0.15) is 20.8 Å². The van der Waals surface area contributed by atoms with Gasteiger partial charge in [-0.05, 0) is 45.0 Å². The van der Waals surface area contributed by atoms with E-state index in [4.69, 9.17) is 9.84 Å². The molecule has 1 fully saturated rings. The summed E-state index contributed by atoms with van der Waals surface area (Å²) in [6.07, 6.45) is 0.897. The largest absolute Gasteiger partial charge is 0.508 e. The highest BCUT2D eigenvalue weighted by atomic mass is 16.5. The first-order valence-electron chi connectivity index (χ1n) is 7.14. The van der Waals surface area contributed by atoms with E-state index in [1.807, 2.05) is 32.9 Å². The standard InChI is InChI=1S/C11H14N2O2.C5H12O/c14-9-12-5-7-13(8-6-12)10-1-3-11(15)4-2-10;1-5(2,3)6-4/h1-4,9,15H,5-8H2;1-4H3. The SMILES string of the molecule is COC(C)(C)C.O=CN1CCN(c2ccc(O)cc2)CC1. The van der Waals surface area contributed by atoms with Crippen molar-refractivity contribution in [1.29, 1.82) is 0 Å². The quantitative estimate of drug-likeness (QED) is 0.849. The van der Waals surface area contributed by atoms with Gasteiger partial charge in [-0.1, -0.05) is 0 Å². The molecule has 1 heterocycles. The Hall–Kier alpha value is -1.75. The molecule has 0 unspecified atom stereocenters. The van der Waals surface area contributed by atoms with Crippen LogP contribution in [-0.2, 0) is 9.53 Å². The van der Waals surface area contributed by atoms with Crippen molar-refractivity contribution < 1.29 is 14.6 Å². The third-order valence-corrected chi connectivity index (χ3v) is 3.29. The Bertz CT molecular complexity index is 418. The number of ether oxygens (including phenoxy) is 1. The van der Waals surface area contributed by atoms with Gasteiger partial charge in [0.15, 0.2) is 0 Å². The van der Waals surface area contributed by atoms with Gasteiger partial charge in [-0.3, -0.25) is 4.79 Å². The van der Waals surface area contributed by atoms with E-state index in [0.29, 0.717) is 0 Å². The van der Waals surface area contributed by atoms with Crippen molar-refractivity contribution >= 4 is 12.1 Å². The minimum Gasteiger partial charge on any atom is -0.508 e. The van der Waals surface area contributed by atoms with E-state index in [1.54, 1.807) is 24.1 Å². The van der Waals surface area contributed by atoms with Gasteiger partial charge in [-0.15, -0.1) is 0 Å². The molecule has 0 spiro atoms. The van der Waals surface area contributed by atoms with Crippen molar-refractivity contribution in [1.82, 2.24) is 4.90 Å². The zero-order valence-corrected chi connectivity index (χ0v) is 13.4. The highest BCUT2D eigenvalue weighted by Gasteiger charge is 2.15. The zero-order valence-electron chi connectivity index (χ0n) is 13.4. The summed E-state index contributed by atoms with van der Waals surface area (Å²) in [5.41, 5.74) is 1.14. The van der Waals surface area contributed by atoms with Gasteiger partial charge in [-0.25, -0.2) is 0 Å². The second-order valence-electron chi connectivity index (χ2n) is 5.96. The molecule has 2 rings (SSSR count). The fraction of sp³-hybridized carbons (Fsp3) is 0.562. The van der Waals surface area contributed by atoms with E-state index >= 15 is 0 Å². The summed E-state index contributed by atoms with van der Waals surface area (Å²) < 4.78 is 4.94. The molecule has 0 atom stereocenters. The fourth-order valence-electron chi connectivity index (χ4n) is 1.75. The number of amides is 1. The lowest BCUT2D eigenvalue weighted by Gasteiger charge is -2.34. The van der Waals surface area contributed by atoms with Crippen LogP contribution in [0.15, 0.2) is 24.3 Å². The van der Waals surface area contributed by atoms with Crippen molar-refractivity contribution in [2.75, 3.05) is 38.2 Å². The third-order valence-electron chi connectivity index (χ3n) is 3.29. The summed E-state index contributed by atoms with van der Waals surface area (Å²) in [4.78, 5) is 14.5. The Kier molecular flexibility index (Phi) is 6.49. The van der Waals surface area contributed by atoms with Crippen LogP contribution in [0.4, 0.5) is 5.69 Å². The zero-order chi connectivity index (χ0) is 15.9. The maximum Gasteiger partial charge on any atom is 0.209 e. The van der Waals surface area contributed by atoms with Gasteiger partial charge >= 0.3 is 0 Å². The van der Waals surface area contributed by atoms with Gasteiger partial charge in [-0.2, -0.15) is 0 Å². The number of phenols is 1. The number of carbonyl (C=O) groups excluding carboxylic acids is 1. The molecule has 5 nitrogen and oxygen atoms in total. The average molecular weight is 294 g/mol. The van der Waals surface area contributed by atoms with Crippen LogP contribution in [0.25, 0.3) is 0 Å². The van der Waals surface area contributed by atoms with Crippen LogP contribution >= 0.6 is 0 Å². The molecule has 1 aliphatic heterocycles. The number of phenolic OH excluding ortho intramolecular Hbond substituents is 1. The first kappa shape index (κ1) is 17.3. The van der Waals surface area contributed by atoms with E-state index in [2.05, 4.69) is 4.90 Å². The van der Waals surface area contributed by atoms with Crippen LogP contribution in [-0.4, -0.2) is 55.3 Å². The van der Waals surface area contributed by atoms with E-state index in [-0.39, 0.29) is 11.4 Å². The molecule has 21 heavy (non-hydrogen) atoms. The normalized spacial score (nSPS) is 15.2. The molecule has 118 valence electrons. The number of piperazine rings is 1. The van der Waals surface area contributed by atoms with Gasteiger partial charge in [0.25, 0.3) is 0 Å². The average Bonchev–Trinajstić information content (AvgIpc) is 2.48. The minimum absolute atomic E-state index is 0.0417. The molecule has 0 aromatic heterocycles. The first-order chi connectivity index (χ1) is 9.85. The Morgan fingerprint density at radius 1 is 1.10 bits per heavy atom. The number of methoxy groups -OCH3 is 1. The van der Waals surface area contributed by atoms with Crippen molar-refractivity contribution in [2.45, 2.75) is 26.4 Å². The second-order valence-corrected chi connectivity index (χ2v) is 5.96. The predicted molar refractivity (Wildman–Crippen MR) is 84.7 cm³/mol. The molecule has 1 saturated heterocycles. The molecule has 0 saturated carbocycles. The summed E-state index contributed by atoms with van der Waals surface area (Å²) in [7, 11) is 1.71. The molecule has 1 aliphatic rings. The highest BCUT2D eigenvalue weighted by molar-refractivity contribution is 5.52. The molecule has 0 radical (unpaired) electrons. The van der Waals surface area contributed by atoms with E-state index in [1.165, 1.54) is 0 Å². The number of hydrogen-bond donors (Lipinski definition) is 1. The number of anilines is 1. The highest BCUT2D eigenvalue weighted by Crippen LogP contribution is 2.19. The third kappa shape index (κ3) is 6.49. The lowest BCUT2D eigenvalue weighted by Crippen LogP contribution is -2.45. The molecule has 1 aromatic rings. The van der Waals surface area contributed by atoms with Crippen molar-refractivity contribution in [2.24, 2.45) is 0 Å². The number of benzene rings is 1. The van der Waals surface area contributed by atoms with E-state index in [9.17, 15) is 4.79 Å². The second kappa shape index (κ2) is 7.88. The number of hydrogen-bond acceptors (Lipinski definition) is 4. The van der Waals surface area contributed by atoms with Crippen molar-refractivity contribution in [3.63, 3.8) is 0 Å². The lowest BCUT2D eigenvalue weighted by atomic mass is 10.2. The molecule has 0 aliphatic carbocycles. The molecule has 1 aromatic carbocycles. The molecular weight excluding hydrogens is 268 g/mol. The van der Waals surface area contributed by atoms with Gasteiger partial charge < -0.3 is 19.6 Å². The van der Waals surface area contributed by atoms with Crippen LogP contribution in [0, 0.1) is 0 Å². The Balaban J connectivity index is 0.000000315. The van der Waals surface area contributed by atoms with E-state index < -0.39 is 0 Å². The molecule has 5 heteroatoms. The molecule has 1 N–H and O–H groups in total. The predicted octanol–water partition coefficient (Wildman–Crippen LogP) is 2.10. The maximum absolute atomic E-state index is 10.5. The first-order valence-corrected chi connectivity index (χ1v) is 7.14. The molecule has 1 amide bonds. The van der Waals surface area contributed by atoms with Gasteiger partial charge in [0, 0.05) is 39.0 Å². The summed E-state index contributed by atoms with van der Waals surface area (Å²) in [6.45, 7) is 9.30. The summed E-state index contributed by atoms with van der Waals surface area (Å²) >= 11 is 0. The number of nitrogens with zero attached hydrogens (tertiary/aromatic N) is 2. The van der Waals surface area contributed by atoms with Gasteiger partial charge in [0.05, 0.1) is 5.60 Å². The Morgan fingerprint density at radius 3 is 1.95 bits per heavy atom. The number of rotatable bonds is 2. The van der Waals surface area contributed by atoms with Crippen LogP contribution < -0.4 is 4.90 Å². The van der Waals surface area contributed by atoms with E-state index in [0.717, 1.165) is 38.3 Å². The summed E-state index contributed by atoms with van der Waals surface area (Å²) in [5.74, 6) is 0.283. The molecular formula is C16H26N2O3. The topological polar surface area (TPSA) is 53.0 Å². The van der Waals surface area contributed by atoms with Crippen molar-refractivity contribution in [3.05, 3.63) is 24.3 Å². The maximum atomic E-state index is 10.5. The summed E-state index contributed by atoms with van der Waals surface area (Å²) in [6, 6.07) is 7.15. The van der Waals surface area contributed by atoms with Crippen molar-refractivity contribution in [3.8, 4) is 5.75 Å². The van der Waals surface area contributed by atoms with Crippen LogP contribution in [0.3, 0.4) is 0 Å². The Morgan fingerprint density at radius 2 is 1.57 bits per heavy atom. The van der Waals surface area contributed by atoms with Crippen LogP contribution in [0.5, 0.6) is 5.75 Å². The van der Waals surface area contributed by atoms with Crippen LogP contribution in [0.2, 0.25) is 0 Å². The fourth-order valence-corrected chi connectivity index (χ4v) is 1.75. The summed E-state index contributed by atoms with van der Waals surface area (Å²) in [5, 5.41) is 9.16. The Labute approximate surface area is 127 Å². The molecule has 0 bridgehead atoms. The van der Waals surface area contributed by atoms with Gasteiger partial charge in [0.1, 0.15) is 5.75 Å². The number of carbonyl (C=O) groups is 1. The minimum atomic E-state index is 0.0417. The van der Waals surface area contributed by atoms with Gasteiger partial charge in [0.2, 0.25) is 6.41 Å². The lowest BCUT2D eigenvalue weighted by molar-refractivity contribution is -0.118. The smallest absolute Gasteiger partial charge is 0.209 e. The number of aromatic hydroxyl groups is 1. The monoisotopic (exact) mass is 294 g/mol.